The molecule has 1 aromatic heterocycles. The van der Waals surface area contributed by atoms with Crippen molar-refractivity contribution < 1.29 is 4.74 Å². The number of hydrogen-bond donors (Lipinski definition) is 1. The highest BCUT2D eigenvalue weighted by Crippen LogP contribution is 2.28. The van der Waals surface area contributed by atoms with Crippen LogP contribution in [0.2, 0.25) is 0 Å². The van der Waals surface area contributed by atoms with Crippen molar-refractivity contribution in [2.75, 3.05) is 12.8 Å². The number of hydrogen-bond acceptors (Lipinski definition) is 4. The van der Waals surface area contributed by atoms with Gasteiger partial charge in [-0.3, -0.25) is 0 Å². The molecule has 4 heteroatoms. The zero-order valence-corrected chi connectivity index (χ0v) is 13.7. The molecule has 1 aromatic carbocycles. The third kappa shape index (κ3) is 4.54. The van der Waals surface area contributed by atoms with Crippen LogP contribution in [0.4, 0.5) is 0 Å². The van der Waals surface area contributed by atoms with Crippen molar-refractivity contribution >= 4 is 23.1 Å². The molecule has 2 aromatic rings. The lowest BCUT2D eigenvalue weighted by Crippen LogP contribution is -2.12. The van der Waals surface area contributed by atoms with E-state index in [4.69, 9.17) is 4.74 Å². The minimum atomic E-state index is 0.649. The van der Waals surface area contributed by atoms with E-state index < -0.39 is 0 Å². The van der Waals surface area contributed by atoms with Crippen molar-refractivity contribution in [3.05, 3.63) is 46.2 Å². The van der Waals surface area contributed by atoms with Gasteiger partial charge in [-0.05, 0) is 43.5 Å². The van der Waals surface area contributed by atoms with Gasteiger partial charge in [0.15, 0.2) is 0 Å². The number of thiophene rings is 1. The number of para-hydroxylation sites is 1. The van der Waals surface area contributed by atoms with Gasteiger partial charge in [0, 0.05) is 21.2 Å². The van der Waals surface area contributed by atoms with Crippen molar-refractivity contribution in [1.82, 2.24) is 5.32 Å². The van der Waals surface area contributed by atoms with Gasteiger partial charge in [-0.2, -0.15) is 0 Å². The number of benzene rings is 1. The van der Waals surface area contributed by atoms with Crippen molar-refractivity contribution in [2.24, 2.45) is 0 Å². The fourth-order valence-electron chi connectivity index (χ4n) is 1.87. The van der Waals surface area contributed by atoms with Crippen LogP contribution in [0.3, 0.4) is 0 Å². The van der Waals surface area contributed by atoms with E-state index in [0.29, 0.717) is 6.61 Å². The topological polar surface area (TPSA) is 21.3 Å². The third-order valence-electron chi connectivity index (χ3n) is 2.88. The number of rotatable bonds is 8. The molecule has 0 amide bonds. The minimum Gasteiger partial charge on any atom is -0.487 e. The second-order valence-corrected chi connectivity index (χ2v) is 6.59. The van der Waals surface area contributed by atoms with E-state index in [1.54, 1.807) is 11.8 Å². The molecule has 0 bridgehead atoms. The lowest BCUT2D eigenvalue weighted by Gasteiger charge is -2.08. The van der Waals surface area contributed by atoms with Crippen LogP contribution >= 0.6 is 23.1 Å². The minimum absolute atomic E-state index is 0.649. The summed E-state index contributed by atoms with van der Waals surface area (Å²) in [6.07, 6.45) is 3.25. The van der Waals surface area contributed by atoms with Crippen molar-refractivity contribution in [3.63, 3.8) is 0 Å². The smallest absolute Gasteiger partial charge is 0.133 e. The van der Waals surface area contributed by atoms with E-state index in [2.05, 4.69) is 36.7 Å². The quantitative estimate of drug-likeness (QED) is 0.571. The van der Waals surface area contributed by atoms with E-state index >= 15 is 0 Å². The number of ether oxygens (including phenoxy) is 1. The van der Waals surface area contributed by atoms with Crippen LogP contribution in [0.15, 0.2) is 41.3 Å². The predicted octanol–water partition coefficient (Wildman–Crippen LogP) is 4.55. The lowest BCUT2D eigenvalue weighted by molar-refractivity contribution is 0.302. The molecular formula is C16H21NOS2. The first kappa shape index (κ1) is 15.4. The fraction of sp³-hybridized carbons (Fsp3) is 0.375. The number of thioether (sulfide) groups is 1. The Morgan fingerprint density at radius 1 is 1.15 bits per heavy atom. The molecule has 0 aliphatic carbocycles. The molecule has 1 N–H and O–H groups in total. The van der Waals surface area contributed by atoms with E-state index in [9.17, 15) is 0 Å². The van der Waals surface area contributed by atoms with Gasteiger partial charge in [0.25, 0.3) is 0 Å². The summed E-state index contributed by atoms with van der Waals surface area (Å²) in [7, 11) is 0. The van der Waals surface area contributed by atoms with Gasteiger partial charge in [-0.15, -0.1) is 23.1 Å². The van der Waals surface area contributed by atoms with Crippen molar-refractivity contribution in [2.45, 2.75) is 31.4 Å². The summed E-state index contributed by atoms with van der Waals surface area (Å²) in [6, 6.07) is 12.5. The molecule has 1 heterocycles. The Morgan fingerprint density at radius 3 is 2.75 bits per heavy atom. The molecule has 0 spiro atoms. The average Bonchev–Trinajstić information content (AvgIpc) is 2.93. The molecule has 0 saturated heterocycles. The summed E-state index contributed by atoms with van der Waals surface area (Å²) < 4.78 is 5.92. The molecule has 0 fully saturated rings. The molecule has 0 unspecified atom stereocenters. The maximum atomic E-state index is 5.92. The van der Waals surface area contributed by atoms with Gasteiger partial charge in [0.2, 0.25) is 0 Å². The van der Waals surface area contributed by atoms with Crippen LogP contribution in [-0.4, -0.2) is 12.8 Å². The summed E-state index contributed by atoms with van der Waals surface area (Å²) >= 11 is 3.54. The highest BCUT2D eigenvalue weighted by molar-refractivity contribution is 7.98. The second kappa shape index (κ2) is 8.35. The SMILES string of the molecule is CCCNCc1ccc(COc2ccccc2SC)s1. The zero-order valence-electron chi connectivity index (χ0n) is 12.0. The predicted molar refractivity (Wildman–Crippen MR) is 88.9 cm³/mol. The normalized spacial score (nSPS) is 10.7. The largest absolute Gasteiger partial charge is 0.487 e. The van der Waals surface area contributed by atoms with Crippen LogP contribution in [0.1, 0.15) is 23.1 Å². The fourth-order valence-corrected chi connectivity index (χ4v) is 3.31. The van der Waals surface area contributed by atoms with Crippen LogP contribution in [0.25, 0.3) is 0 Å². The van der Waals surface area contributed by atoms with Gasteiger partial charge >= 0.3 is 0 Å². The number of nitrogens with one attached hydrogen (secondary N) is 1. The Hall–Kier alpha value is -0.970. The Morgan fingerprint density at radius 2 is 1.95 bits per heavy atom. The molecule has 0 saturated carbocycles. The first-order valence-electron chi connectivity index (χ1n) is 6.87. The second-order valence-electron chi connectivity index (χ2n) is 4.48. The lowest BCUT2D eigenvalue weighted by atomic mass is 10.3. The van der Waals surface area contributed by atoms with E-state index in [1.165, 1.54) is 21.1 Å². The van der Waals surface area contributed by atoms with Crippen LogP contribution in [-0.2, 0) is 13.2 Å². The van der Waals surface area contributed by atoms with E-state index in [1.807, 2.05) is 29.5 Å². The molecule has 2 rings (SSSR count). The van der Waals surface area contributed by atoms with Gasteiger partial charge in [-0.1, -0.05) is 19.1 Å². The van der Waals surface area contributed by atoms with E-state index in [0.717, 1.165) is 18.8 Å². The Bertz CT molecular complexity index is 525. The Labute approximate surface area is 129 Å². The molecule has 20 heavy (non-hydrogen) atoms. The van der Waals surface area contributed by atoms with Gasteiger partial charge < -0.3 is 10.1 Å². The average molecular weight is 307 g/mol. The maximum Gasteiger partial charge on any atom is 0.133 e. The van der Waals surface area contributed by atoms with Crippen molar-refractivity contribution in [1.29, 1.82) is 0 Å². The summed E-state index contributed by atoms with van der Waals surface area (Å²) in [5.74, 6) is 0.971. The van der Waals surface area contributed by atoms with Gasteiger partial charge in [-0.25, -0.2) is 0 Å². The molecule has 0 radical (unpaired) electrons. The van der Waals surface area contributed by atoms with Crippen LogP contribution in [0, 0.1) is 0 Å². The molecule has 0 atom stereocenters. The first-order chi connectivity index (χ1) is 9.83. The Balaban J connectivity index is 1.87. The zero-order chi connectivity index (χ0) is 14.2. The highest BCUT2D eigenvalue weighted by Gasteiger charge is 2.04. The first-order valence-corrected chi connectivity index (χ1v) is 8.91. The van der Waals surface area contributed by atoms with Crippen LogP contribution < -0.4 is 10.1 Å². The molecule has 2 nitrogen and oxygen atoms in total. The Kier molecular flexibility index (Phi) is 6.43. The third-order valence-corrected chi connectivity index (χ3v) is 4.72. The monoisotopic (exact) mass is 307 g/mol. The van der Waals surface area contributed by atoms with E-state index in [-0.39, 0.29) is 0 Å². The van der Waals surface area contributed by atoms with Crippen molar-refractivity contribution in [3.8, 4) is 5.75 Å². The highest BCUT2D eigenvalue weighted by atomic mass is 32.2. The van der Waals surface area contributed by atoms with Gasteiger partial charge in [0.1, 0.15) is 12.4 Å². The summed E-state index contributed by atoms with van der Waals surface area (Å²) in [6.45, 7) is 4.87. The maximum absolute atomic E-state index is 5.92. The molecule has 0 aliphatic heterocycles. The molecule has 0 aliphatic rings. The standard InChI is InChI=1S/C16H21NOS2/c1-3-10-17-11-13-8-9-14(20-13)12-18-15-6-4-5-7-16(15)19-2/h4-9,17H,3,10-12H2,1-2H3. The van der Waals surface area contributed by atoms with Gasteiger partial charge in [0.05, 0.1) is 0 Å². The summed E-state index contributed by atoms with van der Waals surface area (Å²) in [5, 5.41) is 3.42. The summed E-state index contributed by atoms with van der Waals surface area (Å²) in [5.41, 5.74) is 0. The molecular weight excluding hydrogens is 286 g/mol. The summed E-state index contributed by atoms with van der Waals surface area (Å²) in [4.78, 5) is 3.83. The van der Waals surface area contributed by atoms with Crippen LogP contribution in [0.5, 0.6) is 5.75 Å². The molecule has 108 valence electrons.